The van der Waals surface area contributed by atoms with Gasteiger partial charge in [0.15, 0.2) is 0 Å². The highest BCUT2D eigenvalue weighted by atomic mass is 32.1. The third kappa shape index (κ3) is 4.94. The molecule has 0 aliphatic rings. The molecular formula is C16H17FN2OS. The molecule has 1 heterocycles. The van der Waals surface area contributed by atoms with Gasteiger partial charge < -0.3 is 5.11 Å². The minimum Gasteiger partial charge on any atom is -0.395 e. The second kappa shape index (κ2) is 7.89. The summed E-state index contributed by atoms with van der Waals surface area (Å²) in [5.74, 6) is 5.36. The van der Waals surface area contributed by atoms with E-state index in [0.29, 0.717) is 30.6 Å². The number of aliphatic hydroxyl groups is 1. The molecule has 0 spiro atoms. The van der Waals surface area contributed by atoms with Crippen LogP contribution in [-0.4, -0.2) is 28.6 Å². The van der Waals surface area contributed by atoms with Gasteiger partial charge in [-0.15, -0.1) is 11.3 Å². The lowest BCUT2D eigenvalue weighted by Gasteiger charge is -2.15. The highest BCUT2D eigenvalue weighted by Gasteiger charge is 2.07. The van der Waals surface area contributed by atoms with Crippen molar-refractivity contribution in [1.29, 1.82) is 0 Å². The van der Waals surface area contributed by atoms with Crippen LogP contribution in [-0.2, 0) is 13.1 Å². The fourth-order valence-corrected chi connectivity index (χ4v) is 2.46. The molecule has 0 radical (unpaired) electrons. The molecule has 2 aromatic rings. The first kappa shape index (κ1) is 15.6. The smallest absolute Gasteiger partial charge is 0.128 e. The molecule has 0 unspecified atom stereocenters. The van der Waals surface area contributed by atoms with Crippen LogP contribution < -0.4 is 0 Å². The molecule has 5 heteroatoms. The summed E-state index contributed by atoms with van der Waals surface area (Å²) in [5, 5.41) is 10.7. The number of hydrogen-bond acceptors (Lipinski definition) is 4. The lowest BCUT2D eigenvalue weighted by molar-refractivity contribution is 0.305. The van der Waals surface area contributed by atoms with Crippen molar-refractivity contribution < 1.29 is 9.50 Å². The van der Waals surface area contributed by atoms with Gasteiger partial charge in [0, 0.05) is 36.0 Å². The lowest BCUT2D eigenvalue weighted by Crippen LogP contribution is -2.18. The molecule has 3 nitrogen and oxygen atoms in total. The van der Waals surface area contributed by atoms with Crippen LogP contribution in [0.1, 0.15) is 23.2 Å². The average Bonchev–Trinajstić information content (AvgIpc) is 2.95. The van der Waals surface area contributed by atoms with Gasteiger partial charge in [-0.25, -0.2) is 9.37 Å². The third-order valence-corrected chi connectivity index (χ3v) is 3.51. The fourth-order valence-electron chi connectivity index (χ4n) is 1.91. The molecule has 21 heavy (non-hydrogen) atoms. The molecule has 0 saturated carbocycles. The Morgan fingerprint density at radius 3 is 2.90 bits per heavy atom. The van der Waals surface area contributed by atoms with Gasteiger partial charge in [0.05, 0.1) is 17.8 Å². The molecule has 1 aromatic carbocycles. The Kier molecular flexibility index (Phi) is 5.88. The molecule has 0 atom stereocenters. The molecule has 0 aliphatic heterocycles. The summed E-state index contributed by atoms with van der Waals surface area (Å²) in [6.45, 7) is 1.24. The van der Waals surface area contributed by atoms with Crippen molar-refractivity contribution in [2.24, 2.45) is 0 Å². The average molecular weight is 304 g/mol. The zero-order valence-corrected chi connectivity index (χ0v) is 12.7. The summed E-state index contributed by atoms with van der Waals surface area (Å²) < 4.78 is 14.0. The van der Waals surface area contributed by atoms with Crippen molar-refractivity contribution in [3.8, 4) is 11.8 Å². The van der Waals surface area contributed by atoms with E-state index < -0.39 is 0 Å². The first-order valence-electron chi connectivity index (χ1n) is 6.63. The van der Waals surface area contributed by atoms with Crippen molar-refractivity contribution in [3.05, 3.63) is 51.7 Å². The summed E-state index contributed by atoms with van der Waals surface area (Å²) in [5.41, 5.74) is 4.06. The maximum absolute atomic E-state index is 14.0. The summed E-state index contributed by atoms with van der Waals surface area (Å²) in [4.78, 5) is 6.24. The van der Waals surface area contributed by atoms with Gasteiger partial charge >= 0.3 is 0 Å². The van der Waals surface area contributed by atoms with Gasteiger partial charge in [0.25, 0.3) is 0 Å². The number of thiazole rings is 1. The Hall–Kier alpha value is -1.74. The summed E-state index contributed by atoms with van der Waals surface area (Å²) >= 11 is 1.56. The number of benzene rings is 1. The molecule has 0 amide bonds. The quantitative estimate of drug-likeness (QED) is 0.863. The second-order valence-electron chi connectivity index (χ2n) is 4.73. The molecular weight excluding hydrogens is 287 g/mol. The van der Waals surface area contributed by atoms with E-state index >= 15 is 0 Å². The van der Waals surface area contributed by atoms with E-state index in [1.54, 1.807) is 29.0 Å². The zero-order chi connectivity index (χ0) is 15.1. The molecule has 2 rings (SSSR count). The highest BCUT2D eigenvalue weighted by Crippen LogP contribution is 2.13. The number of aliphatic hydroxyl groups excluding tert-OH is 1. The van der Waals surface area contributed by atoms with Gasteiger partial charge in [-0.05, 0) is 19.2 Å². The van der Waals surface area contributed by atoms with Crippen LogP contribution in [0.4, 0.5) is 4.39 Å². The lowest BCUT2D eigenvalue weighted by atomic mass is 10.1. The van der Waals surface area contributed by atoms with Crippen molar-refractivity contribution in [3.63, 3.8) is 0 Å². The van der Waals surface area contributed by atoms with Crippen LogP contribution in [0.3, 0.4) is 0 Å². The zero-order valence-electron chi connectivity index (χ0n) is 11.8. The molecule has 110 valence electrons. The van der Waals surface area contributed by atoms with Crippen molar-refractivity contribution >= 4 is 11.3 Å². The third-order valence-electron chi connectivity index (χ3n) is 2.88. The number of rotatable bonds is 5. The Balaban J connectivity index is 1.99. The van der Waals surface area contributed by atoms with E-state index in [1.165, 1.54) is 6.07 Å². The van der Waals surface area contributed by atoms with Gasteiger partial charge in [0.1, 0.15) is 5.82 Å². The fraction of sp³-hybridized carbons (Fsp3) is 0.312. The van der Waals surface area contributed by atoms with Crippen LogP contribution in [0.2, 0.25) is 0 Å². The van der Waals surface area contributed by atoms with Crippen LogP contribution in [0.25, 0.3) is 0 Å². The Morgan fingerprint density at radius 1 is 1.38 bits per heavy atom. The summed E-state index contributed by atoms with van der Waals surface area (Å²) in [6, 6.07) is 5.01. The summed E-state index contributed by atoms with van der Waals surface area (Å²) in [6.07, 6.45) is 0.403. The molecule has 0 fully saturated rings. The maximum atomic E-state index is 14.0. The second-order valence-corrected chi connectivity index (χ2v) is 5.45. The normalized spacial score (nSPS) is 10.5. The molecule has 1 aromatic heterocycles. The number of aromatic nitrogens is 1. The minimum atomic E-state index is -0.254. The van der Waals surface area contributed by atoms with Crippen LogP contribution in [0.5, 0.6) is 0 Å². The summed E-state index contributed by atoms with van der Waals surface area (Å²) in [7, 11) is 1.94. The largest absolute Gasteiger partial charge is 0.395 e. The maximum Gasteiger partial charge on any atom is 0.128 e. The van der Waals surface area contributed by atoms with E-state index in [0.717, 1.165) is 5.69 Å². The van der Waals surface area contributed by atoms with Gasteiger partial charge in [-0.3, -0.25) is 4.90 Å². The van der Waals surface area contributed by atoms with E-state index in [2.05, 4.69) is 16.8 Å². The first-order valence-corrected chi connectivity index (χ1v) is 7.57. The molecule has 0 aliphatic carbocycles. The Labute approximate surface area is 128 Å². The van der Waals surface area contributed by atoms with E-state index in [4.69, 9.17) is 5.11 Å². The van der Waals surface area contributed by atoms with Crippen molar-refractivity contribution in [2.75, 3.05) is 13.7 Å². The Bertz CT molecular complexity index is 631. The SMILES string of the molecule is CN(Cc1cscn1)Cc1ccc(C#CCCO)cc1F. The van der Waals surface area contributed by atoms with Crippen LogP contribution in [0, 0.1) is 17.7 Å². The minimum absolute atomic E-state index is 0.0228. The van der Waals surface area contributed by atoms with Crippen molar-refractivity contribution in [1.82, 2.24) is 9.88 Å². The predicted octanol–water partition coefficient (Wildman–Crippen LogP) is 2.65. The first-order chi connectivity index (χ1) is 10.2. The van der Waals surface area contributed by atoms with E-state index in [-0.39, 0.29) is 12.4 Å². The number of hydrogen-bond donors (Lipinski definition) is 1. The molecule has 1 N–H and O–H groups in total. The molecule has 0 bridgehead atoms. The highest BCUT2D eigenvalue weighted by molar-refractivity contribution is 7.07. The van der Waals surface area contributed by atoms with Crippen LogP contribution in [0.15, 0.2) is 29.1 Å². The molecule has 0 saturated heterocycles. The van der Waals surface area contributed by atoms with E-state index in [9.17, 15) is 4.39 Å². The standard InChI is InChI=1S/C16H17FN2OS/c1-19(10-15-11-21-12-18-15)9-14-6-5-13(8-16(14)17)4-2-3-7-20/h5-6,8,11-12,20H,3,7,9-10H2,1H3. The van der Waals surface area contributed by atoms with E-state index in [1.807, 2.05) is 17.3 Å². The monoisotopic (exact) mass is 304 g/mol. The van der Waals surface area contributed by atoms with Crippen LogP contribution >= 0.6 is 11.3 Å². The predicted molar refractivity (Wildman–Crippen MR) is 82.3 cm³/mol. The van der Waals surface area contributed by atoms with Gasteiger partial charge in [-0.1, -0.05) is 17.9 Å². The van der Waals surface area contributed by atoms with Gasteiger partial charge in [-0.2, -0.15) is 0 Å². The van der Waals surface area contributed by atoms with Crippen molar-refractivity contribution in [2.45, 2.75) is 19.5 Å². The topological polar surface area (TPSA) is 36.4 Å². The number of nitrogens with zero attached hydrogens (tertiary/aromatic N) is 2. The van der Waals surface area contributed by atoms with Gasteiger partial charge in [0.2, 0.25) is 0 Å². The number of halogens is 1. The Morgan fingerprint density at radius 2 is 2.24 bits per heavy atom.